The summed E-state index contributed by atoms with van der Waals surface area (Å²) < 4.78 is 5.37. The largest absolute Gasteiger partial charge is 0.496 e. The van der Waals surface area contributed by atoms with Crippen molar-refractivity contribution in [3.8, 4) is 16.9 Å². The number of hydrogen-bond acceptors (Lipinski definition) is 3. The number of aromatic amines is 1. The number of fused-ring (bicyclic) bond motifs is 1. The number of benzene rings is 2. The molecule has 0 fully saturated rings. The van der Waals surface area contributed by atoms with E-state index >= 15 is 0 Å². The molecular weight excluding hydrogens is 308 g/mol. The van der Waals surface area contributed by atoms with Gasteiger partial charge in [-0.25, -0.2) is 4.79 Å². The number of carbonyl (C=O) groups excluding carboxylic acids is 2. The summed E-state index contributed by atoms with van der Waals surface area (Å²) in [6.45, 7) is 0. The minimum absolute atomic E-state index is 0.183. The number of amides is 3. The number of ether oxygens (including phenoxy) is 1. The summed E-state index contributed by atoms with van der Waals surface area (Å²) in [7, 11) is 1.60. The number of methoxy groups -OCH3 is 1. The first kappa shape index (κ1) is 15.4. The van der Waals surface area contributed by atoms with Gasteiger partial charge in [-0.05, 0) is 17.7 Å². The number of urea groups is 1. The third-order valence-electron chi connectivity index (χ3n) is 3.71. The Morgan fingerprint density at radius 2 is 1.88 bits per heavy atom. The topological polar surface area (TPSA) is 123 Å². The van der Waals surface area contributed by atoms with Gasteiger partial charge in [0.1, 0.15) is 11.6 Å². The summed E-state index contributed by atoms with van der Waals surface area (Å²) in [4.78, 5) is 25.8. The third-order valence-corrected chi connectivity index (χ3v) is 3.71. The molecule has 122 valence electrons. The summed E-state index contributed by atoms with van der Waals surface area (Å²) in [6, 6.07) is 12.3. The highest BCUT2D eigenvalue weighted by molar-refractivity contribution is 6.13. The van der Waals surface area contributed by atoms with E-state index in [-0.39, 0.29) is 11.4 Å². The van der Waals surface area contributed by atoms with Crippen LogP contribution in [0.5, 0.6) is 5.75 Å². The van der Waals surface area contributed by atoms with Crippen LogP contribution in [0.4, 0.5) is 10.6 Å². The third kappa shape index (κ3) is 2.63. The van der Waals surface area contributed by atoms with Gasteiger partial charge in [0.15, 0.2) is 0 Å². The number of anilines is 1. The quantitative estimate of drug-likeness (QED) is 0.589. The van der Waals surface area contributed by atoms with Crippen molar-refractivity contribution >= 4 is 28.7 Å². The van der Waals surface area contributed by atoms with Gasteiger partial charge in [-0.3, -0.25) is 10.1 Å². The molecule has 7 heteroatoms. The molecule has 0 aliphatic rings. The summed E-state index contributed by atoms with van der Waals surface area (Å²) in [5, 5.41) is 2.99. The van der Waals surface area contributed by atoms with E-state index in [2.05, 4.69) is 10.3 Å². The molecule has 1 heterocycles. The standard InChI is InChI=1S/C17H16N4O3/c1-24-13-5-3-2-4-10(13)9-6-7-11-12(8-9)20-16(21-17(19)23)14(11)15(18)22/h2-8,20H,1H3,(H2,18,22)(H3,19,21,23). The molecule has 3 amide bonds. The van der Waals surface area contributed by atoms with Gasteiger partial charge in [-0.15, -0.1) is 0 Å². The summed E-state index contributed by atoms with van der Waals surface area (Å²) in [5.41, 5.74) is 13.2. The number of para-hydroxylation sites is 1. The Labute approximate surface area is 137 Å². The van der Waals surface area contributed by atoms with Crippen molar-refractivity contribution in [3.05, 3.63) is 48.0 Å². The van der Waals surface area contributed by atoms with Gasteiger partial charge in [-0.2, -0.15) is 0 Å². The number of nitrogens with one attached hydrogen (secondary N) is 2. The lowest BCUT2D eigenvalue weighted by atomic mass is 10.0. The van der Waals surface area contributed by atoms with Crippen molar-refractivity contribution in [1.29, 1.82) is 0 Å². The van der Waals surface area contributed by atoms with E-state index in [4.69, 9.17) is 16.2 Å². The van der Waals surface area contributed by atoms with Gasteiger partial charge in [0.25, 0.3) is 5.91 Å². The Morgan fingerprint density at radius 3 is 2.54 bits per heavy atom. The van der Waals surface area contributed by atoms with E-state index in [9.17, 15) is 9.59 Å². The average Bonchev–Trinajstić information content (AvgIpc) is 2.90. The van der Waals surface area contributed by atoms with Crippen LogP contribution in [0.1, 0.15) is 10.4 Å². The van der Waals surface area contributed by atoms with E-state index in [1.165, 1.54) is 0 Å². The predicted octanol–water partition coefficient (Wildman–Crippen LogP) is 2.43. The van der Waals surface area contributed by atoms with E-state index < -0.39 is 11.9 Å². The van der Waals surface area contributed by atoms with Gasteiger partial charge >= 0.3 is 6.03 Å². The molecule has 6 N–H and O–H groups in total. The maximum atomic E-state index is 11.7. The minimum Gasteiger partial charge on any atom is -0.496 e. The van der Waals surface area contributed by atoms with Crippen molar-refractivity contribution < 1.29 is 14.3 Å². The molecule has 0 radical (unpaired) electrons. The molecule has 0 spiro atoms. The Hall–Kier alpha value is -3.48. The van der Waals surface area contributed by atoms with Crippen LogP contribution >= 0.6 is 0 Å². The smallest absolute Gasteiger partial charge is 0.317 e. The zero-order valence-corrected chi connectivity index (χ0v) is 12.9. The van der Waals surface area contributed by atoms with Gasteiger partial charge in [0.05, 0.1) is 12.7 Å². The van der Waals surface area contributed by atoms with E-state index in [1.54, 1.807) is 13.2 Å². The summed E-state index contributed by atoms with van der Waals surface area (Å²) in [6.07, 6.45) is 0. The summed E-state index contributed by atoms with van der Waals surface area (Å²) >= 11 is 0. The maximum Gasteiger partial charge on any atom is 0.317 e. The molecule has 0 saturated carbocycles. The second kappa shape index (κ2) is 5.96. The molecule has 0 aliphatic heterocycles. The molecule has 0 bridgehead atoms. The van der Waals surface area contributed by atoms with Crippen LogP contribution in [-0.4, -0.2) is 24.0 Å². The number of carbonyl (C=O) groups is 2. The normalized spacial score (nSPS) is 10.5. The Bertz CT molecular complexity index is 946. The van der Waals surface area contributed by atoms with Gasteiger partial charge < -0.3 is 21.2 Å². The molecule has 3 aromatic rings. The van der Waals surface area contributed by atoms with Crippen LogP contribution in [-0.2, 0) is 0 Å². The van der Waals surface area contributed by atoms with Crippen LogP contribution in [0.2, 0.25) is 0 Å². The van der Waals surface area contributed by atoms with Crippen LogP contribution in [0.25, 0.3) is 22.0 Å². The number of aromatic nitrogens is 1. The lowest BCUT2D eigenvalue weighted by Crippen LogP contribution is -2.22. The monoisotopic (exact) mass is 324 g/mol. The average molecular weight is 324 g/mol. The highest BCUT2D eigenvalue weighted by Gasteiger charge is 2.18. The lowest BCUT2D eigenvalue weighted by molar-refractivity contribution is 0.100. The SMILES string of the molecule is COc1ccccc1-c1ccc2c(C(N)=O)c(NC(N)=O)[nH]c2c1. The fourth-order valence-electron chi connectivity index (χ4n) is 2.72. The lowest BCUT2D eigenvalue weighted by Gasteiger charge is -2.08. The van der Waals surface area contributed by atoms with Crippen molar-refractivity contribution in [2.75, 3.05) is 12.4 Å². The molecule has 24 heavy (non-hydrogen) atoms. The van der Waals surface area contributed by atoms with Crippen molar-refractivity contribution in [3.63, 3.8) is 0 Å². The molecular formula is C17H16N4O3. The fraction of sp³-hybridized carbons (Fsp3) is 0.0588. The highest BCUT2D eigenvalue weighted by atomic mass is 16.5. The van der Waals surface area contributed by atoms with Gasteiger partial charge in [0, 0.05) is 16.5 Å². The number of H-pyrrole nitrogens is 1. The van der Waals surface area contributed by atoms with Crippen molar-refractivity contribution in [2.45, 2.75) is 0 Å². The second-order valence-electron chi connectivity index (χ2n) is 5.19. The van der Waals surface area contributed by atoms with Crippen LogP contribution in [0, 0.1) is 0 Å². The number of hydrogen-bond donors (Lipinski definition) is 4. The highest BCUT2D eigenvalue weighted by Crippen LogP contribution is 2.34. The number of rotatable bonds is 4. The first-order valence-electron chi connectivity index (χ1n) is 7.16. The minimum atomic E-state index is -0.783. The molecule has 7 nitrogen and oxygen atoms in total. The van der Waals surface area contributed by atoms with Crippen molar-refractivity contribution in [1.82, 2.24) is 4.98 Å². The molecule has 1 aromatic heterocycles. The first-order valence-corrected chi connectivity index (χ1v) is 7.16. The van der Waals surface area contributed by atoms with Crippen LogP contribution in [0.3, 0.4) is 0 Å². The molecule has 0 saturated heterocycles. The molecule has 0 atom stereocenters. The van der Waals surface area contributed by atoms with Gasteiger partial charge in [0.2, 0.25) is 0 Å². The first-order chi connectivity index (χ1) is 11.5. The maximum absolute atomic E-state index is 11.7. The fourth-order valence-corrected chi connectivity index (χ4v) is 2.72. The molecule has 0 aliphatic carbocycles. The molecule has 2 aromatic carbocycles. The zero-order valence-electron chi connectivity index (χ0n) is 12.9. The van der Waals surface area contributed by atoms with Crippen molar-refractivity contribution in [2.24, 2.45) is 11.5 Å². The zero-order chi connectivity index (χ0) is 17.3. The Balaban J connectivity index is 2.18. The Kier molecular flexibility index (Phi) is 3.83. The summed E-state index contributed by atoms with van der Waals surface area (Å²) in [5.74, 6) is 0.256. The number of primary amides is 2. The second-order valence-corrected chi connectivity index (χ2v) is 5.19. The molecule has 0 unspecified atom stereocenters. The van der Waals surface area contributed by atoms with E-state index in [1.807, 2.05) is 36.4 Å². The van der Waals surface area contributed by atoms with E-state index in [0.717, 1.165) is 16.9 Å². The van der Waals surface area contributed by atoms with Crippen LogP contribution < -0.4 is 21.5 Å². The number of nitrogens with two attached hydrogens (primary N) is 2. The Morgan fingerprint density at radius 1 is 1.12 bits per heavy atom. The predicted molar refractivity (Wildman–Crippen MR) is 92.0 cm³/mol. The van der Waals surface area contributed by atoms with Crippen LogP contribution in [0.15, 0.2) is 42.5 Å². The van der Waals surface area contributed by atoms with E-state index in [0.29, 0.717) is 10.9 Å². The van der Waals surface area contributed by atoms with Gasteiger partial charge in [-0.1, -0.05) is 30.3 Å². The molecule has 3 rings (SSSR count).